The van der Waals surface area contributed by atoms with Crippen LogP contribution in [0.15, 0.2) is 47.2 Å². The quantitative estimate of drug-likeness (QED) is 0.831. The van der Waals surface area contributed by atoms with E-state index in [-0.39, 0.29) is 0 Å². The normalized spacial score (nSPS) is 12.6. The number of benzene rings is 1. The first-order valence-corrected chi connectivity index (χ1v) is 6.57. The average Bonchev–Trinajstić information content (AvgIpc) is 2.81. The van der Waals surface area contributed by atoms with Crippen LogP contribution in [0.3, 0.4) is 0 Å². The average molecular weight is 231 g/mol. The lowest BCUT2D eigenvalue weighted by molar-refractivity contribution is 0.546. The van der Waals surface area contributed by atoms with Gasteiger partial charge in [0.2, 0.25) is 0 Å². The molecule has 0 amide bonds. The van der Waals surface area contributed by atoms with E-state index in [1.807, 2.05) is 0 Å². The maximum Gasteiger partial charge on any atom is 0.0216 e. The Morgan fingerprint density at radius 3 is 2.62 bits per heavy atom. The zero-order valence-corrected chi connectivity index (χ0v) is 10.3. The van der Waals surface area contributed by atoms with Crippen molar-refractivity contribution < 1.29 is 0 Å². The van der Waals surface area contributed by atoms with Crippen LogP contribution >= 0.6 is 11.3 Å². The summed E-state index contributed by atoms with van der Waals surface area (Å²) >= 11 is 1.76. The Kier molecular flexibility index (Phi) is 4.14. The number of hydrogen-bond donors (Lipinski definition) is 1. The van der Waals surface area contributed by atoms with Gasteiger partial charge in [-0.1, -0.05) is 30.3 Å². The molecule has 2 rings (SSSR count). The molecular weight excluding hydrogens is 214 g/mol. The van der Waals surface area contributed by atoms with Crippen molar-refractivity contribution in [2.75, 3.05) is 0 Å². The van der Waals surface area contributed by atoms with Crippen molar-refractivity contribution >= 4 is 11.3 Å². The molecule has 0 bridgehead atoms. The molecule has 0 aliphatic rings. The standard InChI is InChI=1S/C14H17NS/c1-12(9-13-5-3-2-4-6-13)15-10-14-7-8-16-11-14/h2-8,11-12,15H,9-10H2,1H3. The molecule has 0 saturated heterocycles. The van der Waals surface area contributed by atoms with Crippen LogP contribution in [0.4, 0.5) is 0 Å². The molecular formula is C14H17NS. The third-order valence-corrected chi connectivity index (χ3v) is 3.35. The maximum atomic E-state index is 3.54. The Morgan fingerprint density at radius 2 is 1.94 bits per heavy atom. The summed E-state index contributed by atoms with van der Waals surface area (Å²) in [6, 6.07) is 13.3. The van der Waals surface area contributed by atoms with Crippen LogP contribution in [0.25, 0.3) is 0 Å². The third kappa shape index (κ3) is 3.47. The van der Waals surface area contributed by atoms with E-state index >= 15 is 0 Å². The first kappa shape index (κ1) is 11.4. The minimum atomic E-state index is 0.516. The van der Waals surface area contributed by atoms with Crippen molar-refractivity contribution in [2.24, 2.45) is 0 Å². The Bertz CT molecular complexity index is 394. The molecule has 1 N–H and O–H groups in total. The first-order chi connectivity index (χ1) is 7.84. The number of thiophene rings is 1. The Morgan fingerprint density at radius 1 is 1.12 bits per heavy atom. The molecule has 1 atom stereocenters. The van der Waals surface area contributed by atoms with Gasteiger partial charge in [-0.25, -0.2) is 0 Å². The van der Waals surface area contributed by atoms with Gasteiger partial charge < -0.3 is 5.32 Å². The summed E-state index contributed by atoms with van der Waals surface area (Å²) in [5.41, 5.74) is 2.78. The molecule has 84 valence electrons. The fraction of sp³-hybridized carbons (Fsp3) is 0.286. The molecule has 1 aromatic carbocycles. The summed E-state index contributed by atoms with van der Waals surface area (Å²) in [6.07, 6.45) is 1.09. The zero-order valence-electron chi connectivity index (χ0n) is 9.52. The van der Waals surface area contributed by atoms with Crippen molar-refractivity contribution in [2.45, 2.75) is 25.9 Å². The van der Waals surface area contributed by atoms with Crippen molar-refractivity contribution in [1.29, 1.82) is 0 Å². The molecule has 0 saturated carbocycles. The number of nitrogens with one attached hydrogen (secondary N) is 1. The SMILES string of the molecule is CC(Cc1ccccc1)NCc1ccsc1. The molecule has 2 aromatic rings. The van der Waals surface area contributed by atoms with Crippen LogP contribution in [0.2, 0.25) is 0 Å². The lowest BCUT2D eigenvalue weighted by Gasteiger charge is -2.13. The summed E-state index contributed by atoms with van der Waals surface area (Å²) in [7, 11) is 0. The summed E-state index contributed by atoms with van der Waals surface area (Å²) in [6.45, 7) is 3.21. The van der Waals surface area contributed by atoms with Crippen LogP contribution in [0, 0.1) is 0 Å². The maximum absolute atomic E-state index is 3.54. The topological polar surface area (TPSA) is 12.0 Å². The predicted molar refractivity (Wildman–Crippen MR) is 70.8 cm³/mol. The molecule has 0 fully saturated rings. The molecule has 0 aliphatic heterocycles. The fourth-order valence-corrected chi connectivity index (χ4v) is 2.39. The van der Waals surface area contributed by atoms with E-state index in [2.05, 4.69) is 59.4 Å². The summed E-state index contributed by atoms with van der Waals surface area (Å²) < 4.78 is 0. The van der Waals surface area contributed by atoms with Gasteiger partial charge in [-0.15, -0.1) is 0 Å². The Balaban J connectivity index is 1.78. The van der Waals surface area contributed by atoms with E-state index in [4.69, 9.17) is 0 Å². The van der Waals surface area contributed by atoms with E-state index in [1.165, 1.54) is 11.1 Å². The molecule has 2 heteroatoms. The third-order valence-electron chi connectivity index (χ3n) is 2.62. The van der Waals surface area contributed by atoms with Gasteiger partial charge in [0.25, 0.3) is 0 Å². The molecule has 0 radical (unpaired) electrons. The van der Waals surface area contributed by atoms with Gasteiger partial charge in [0.05, 0.1) is 0 Å². The second kappa shape index (κ2) is 5.83. The number of rotatable bonds is 5. The van der Waals surface area contributed by atoms with E-state index in [0.717, 1.165) is 13.0 Å². The second-order valence-electron chi connectivity index (χ2n) is 4.10. The Hall–Kier alpha value is -1.12. The van der Waals surface area contributed by atoms with Gasteiger partial charge in [0.1, 0.15) is 0 Å². The first-order valence-electron chi connectivity index (χ1n) is 5.63. The highest BCUT2D eigenvalue weighted by Gasteiger charge is 2.02. The van der Waals surface area contributed by atoms with Crippen LogP contribution in [-0.2, 0) is 13.0 Å². The fourth-order valence-electron chi connectivity index (χ4n) is 1.73. The molecule has 0 spiro atoms. The van der Waals surface area contributed by atoms with E-state index in [1.54, 1.807) is 11.3 Å². The van der Waals surface area contributed by atoms with Crippen molar-refractivity contribution in [1.82, 2.24) is 5.32 Å². The van der Waals surface area contributed by atoms with Crippen LogP contribution < -0.4 is 5.32 Å². The molecule has 1 aromatic heterocycles. The van der Waals surface area contributed by atoms with Crippen LogP contribution in [-0.4, -0.2) is 6.04 Å². The highest BCUT2D eigenvalue weighted by Crippen LogP contribution is 2.07. The summed E-state index contributed by atoms with van der Waals surface area (Å²) in [5, 5.41) is 7.86. The summed E-state index contributed by atoms with van der Waals surface area (Å²) in [4.78, 5) is 0. The van der Waals surface area contributed by atoms with Crippen LogP contribution in [0.5, 0.6) is 0 Å². The van der Waals surface area contributed by atoms with E-state index in [0.29, 0.717) is 6.04 Å². The highest BCUT2D eigenvalue weighted by molar-refractivity contribution is 7.07. The van der Waals surface area contributed by atoms with E-state index in [9.17, 15) is 0 Å². The van der Waals surface area contributed by atoms with Crippen LogP contribution in [0.1, 0.15) is 18.1 Å². The van der Waals surface area contributed by atoms with Crippen molar-refractivity contribution in [3.05, 3.63) is 58.3 Å². The van der Waals surface area contributed by atoms with Gasteiger partial charge in [-0.3, -0.25) is 0 Å². The Labute approximate surface area is 101 Å². The van der Waals surface area contributed by atoms with Gasteiger partial charge in [-0.2, -0.15) is 11.3 Å². The minimum Gasteiger partial charge on any atom is -0.310 e. The number of hydrogen-bond acceptors (Lipinski definition) is 2. The van der Waals surface area contributed by atoms with Gasteiger partial charge >= 0.3 is 0 Å². The molecule has 1 unspecified atom stereocenters. The lowest BCUT2D eigenvalue weighted by Crippen LogP contribution is -2.27. The van der Waals surface area contributed by atoms with Gasteiger partial charge in [0, 0.05) is 12.6 Å². The second-order valence-corrected chi connectivity index (χ2v) is 4.88. The van der Waals surface area contributed by atoms with Crippen molar-refractivity contribution in [3.63, 3.8) is 0 Å². The van der Waals surface area contributed by atoms with E-state index < -0.39 is 0 Å². The minimum absolute atomic E-state index is 0.516. The molecule has 0 aliphatic carbocycles. The van der Waals surface area contributed by atoms with Crippen molar-refractivity contribution in [3.8, 4) is 0 Å². The summed E-state index contributed by atoms with van der Waals surface area (Å²) in [5.74, 6) is 0. The van der Waals surface area contributed by atoms with Gasteiger partial charge in [-0.05, 0) is 41.3 Å². The largest absolute Gasteiger partial charge is 0.310 e. The molecule has 16 heavy (non-hydrogen) atoms. The van der Waals surface area contributed by atoms with Gasteiger partial charge in [0.15, 0.2) is 0 Å². The zero-order chi connectivity index (χ0) is 11.2. The highest BCUT2D eigenvalue weighted by atomic mass is 32.1. The predicted octanol–water partition coefficient (Wildman–Crippen LogP) is 3.47. The monoisotopic (exact) mass is 231 g/mol. The smallest absolute Gasteiger partial charge is 0.0216 e. The molecule has 1 heterocycles. The molecule has 1 nitrogen and oxygen atoms in total. The lowest BCUT2D eigenvalue weighted by atomic mass is 10.1.